The number of nitrogens with zero attached hydrogens (tertiary/aromatic N) is 2. The molecule has 0 atom stereocenters. The van der Waals surface area contributed by atoms with Gasteiger partial charge in [0.05, 0.1) is 11.2 Å². The number of hydrogen-bond acceptors (Lipinski definition) is 2. The number of nitrogens with one attached hydrogen (secondary N) is 2. The fraction of sp³-hybridized carbons (Fsp3) is 0.238. The predicted octanol–water partition coefficient (Wildman–Crippen LogP) is 4.90. The SMILES string of the molecule is FC(F)(F)c1c2nc(cc3ccc(cc4nc(cc5ccc1[nH]5)CC4)[nH]3)CC2. The Bertz CT molecular complexity index is 1220. The van der Waals surface area contributed by atoms with Gasteiger partial charge in [0.1, 0.15) is 5.56 Å². The van der Waals surface area contributed by atoms with Crippen molar-refractivity contribution in [1.29, 1.82) is 0 Å². The number of H-pyrrole nitrogens is 2. The Kier molecular flexibility index (Phi) is 3.79. The molecule has 142 valence electrons. The third-order valence-electron chi connectivity index (χ3n) is 5.07. The maximum Gasteiger partial charge on any atom is 0.420 e. The number of halogens is 3. The van der Waals surface area contributed by atoms with Crippen LogP contribution in [0.3, 0.4) is 0 Å². The summed E-state index contributed by atoms with van der Waals surface area (Å²) in [5.41, 5.74) is 4.24. The lowest BCUT2D eigenvalue weighted by Gasteiger charge is -2.08. The van der Waals surface area contributed by atoms with Gasteiger partial charge < -0.3 is 9.97 Å². The quantitative estimate of drug-likeness (QED) is 0.581. The lowest BCUT2D eigenvalue weighted by Crippen LogP contribution is -2.09. The number of aromatic amines is 2. The molecule has 0 unspecified atom stereocenters. The first kappa shape index (κ1) is 17.0. The Morgan fingerprint density at radius 2 is 1.21 bits per heavy atom. The second-order valence-electron chi connectivity index (χ2n) is 7.15. The molecule has 0 saturated heterocycles. The van der Waals surface area contributed by atoms with Crippen LogP contribution >= 0.6 is 0 Å². The molecule has 2 aliphatic heterocycles. The molecule has 5 rings (SSSR count). The molecule has 3 aromatic rings. The molecule has 0 saturated carbocycles. The summed E-state index contributed by atoms with van der Waals surface area (Å²) in [5, 5.41) is 0. The van der Waals surface area contributed by atoms with Crippen molar-refractivity contribution in [1.82, 2.24) is 19.9 Å². The number of aryl methyl sites for hydroxylation is 4. The maximum atomic E-state index is 13.8. The molecule has 0 fully saturated rings. The number of rotatable bonds is 0. The molecule has 0 aliphatic carbocycles. The van der Waals surface area contributed by atoms with Gasteiger partial charge >= 0.3 is 6.18 Å². The highest BCUT2D eigenvalue weighted by Gasteiger charge is 2.36. The summed E-state index contributed by atoms with van der Waals surface area (Å²) < 4.78 is 41.5. The second-order valence-corrected chi connectivity index (χ2v) is 7.15. The van der Waals surface area contributed by atoms with Crippen molar-refractivity contribution >= 4 is 22.1 Å². The second kappa shape index (κ2) is 6.22. The van der Waals surface area contributed by atoms with Crippen LogP contribution in [0.1, 0.15) is 28.3 Å². The van der Waals surface area contributed by atoms with Crippen molar-refractivity contribution in [2.75, 3.05) is 0 Å². The van der Waals surface area contributed by atoms with Crippen LogP contribution in [0, 0.1) is 0 Å². The summed E-state index contributed by atoms with van der Waals surface area (Å²) in [6, 6.07) is 12.6. The van der Waals surface area contributed by atoms with Crippen LogP contribution in [0.5, 0.6) is 0 Å². The minimum atomic E-state index is -4.48. The van der Waals surface area contributed by atoms with Crippen LogP contribution in [0.15, 0.2) is 42.5 Å². The van der Waals surface area contributed by atoms with Crippen LogP contribution in [0.2, 0.25) is 0 Å². The topological polar surface area (TPSA) is 57.4 Å². The number of alkyl halides is 3. The van der Waals surface area contributed by atoms with Gasteiger partial charge in [-0.25, -0.2) is 0 Å². The zero-order valence-corrected chi connectivity index (χ0v) is 14.9. The van der Waals surface area contributed by atoms with E-state index in [0.29, 0.717) is 17.6 Å². The molecule has 0 spiro atoms. The molecule has 0 amide bonds. The highest BCUT2D eigenvalue weighted by Crippen LogP contribution is 2.35. The van der Waals surface area contributed by atoms with Crippen LogP contribution in [-0.2, 0) is 31.9 Å². The molecule has 2 N–H and O–H groups in total. The summed E-state index contributed by atoms with van der Waals surface area (Å²) in [7, 11) is 0. The molecule has 0 aromatic carbocycles. The Balaban J connectivity index is 1.87. The third-order valence-corrected chi connectivity index (χ3v) is 5.07. The molecule has 3 aromatic heterocycles. The largest absolute Gasteiger partial charge is 0.420 e. The molecule has 28 heavy (non-hydrogen) atoms. The van der Waals surface area contributed by atoms with Gasteiger partial charge in [-0.3, -0.25) is 9.97 Å². The van der Waals surface area contributed by atoms with Gasteiger partial charge in [-0.05, 0) is 68.1 Å². The van der Waals surface area contributed by atoms with E-state index in [1.54, 1.807) is 6.07 Å². The van der Waals surface area contributed by atoms with E-state index in [9.17, 15) is 13.2 Å². The van der Waals surface area contributed by atoms with E-state index in [4.69, 9.17) is 0 Å². The molecule has 7 heteroatoms. The summed E-state index contributed by atoms with van der Waals surface area (Å²) >= 11 is 0. The van der Waals surface area contributed by atoms with Crippen LogP contribution < -0.4 is 0 Å². The van der Waals surface area contributed by atoms with E-state index in [1.807, 2.05) is 30.3 Å². The zero-order valence-electron chi connectivity index (χ0n) is 14.9. The molecule has 8 bridgehead atoms. The fourth-order valence-electron chi connectivity index (χ4n) is 3.83. The van der Waals surface area contributed by atoms with Crippen molar-refractivity contribution in [3.63, 3.8) is 0 Å². The molecule has 4 nitrogen and oxygen atoms in total. The van der Waals surface area contributed by atoms with Crippen molar-refractivity contribution in [2.45, 2.75) is 31.9 Å². The first-order valence-electron chi connectivity index (χ1n) is 9.18. The van der Waals surface area contributed by atoms with Crippen molar-refractivity contribution in [3.8, 4) is 0 Å². The summed E-state index contributed by atoms with van der Waals surface area (Å²) in [6.07, 6.45) is -2.16. The lowest BCUT2D eigenvalue weighted by molar-refractivity contribution is -0.137. The highest BCUT2D eigenvalue weighted by molar-refractivity contribution is 5.65. The van der Waals surface area contributed by atoms with Gasteiger partial charge in [0, 0.05) is 33.6 Å². The normalized spacial score (nSPS) is 14.4. The molecule has 0 radical (unpaired) electrons. The summed E-state index contributed by atoms with van der Waals surface area (Å²) in [5.74, 6) is 0. The van der Waals surface area contributed by atoms with Crippen molar-refractivity contribution in [3.05, 3.63) is 70.8 Å². The van der Waals surface area contributed by atoms with Gasteiger partial charge in [0.2, 0.25) is 0 Å². The van der Waals surface area contributed by atoms with Crippen LogP contribution in [0.25, 0.3) is 22.1 Å². The Morgan fingerprint density at radius 3 is 1.86 bits per heavy atom. The van der Waals surface area contributed by atoms with Crippen LogP contribution in [-0.4, -0.2) is 19.9 Å². The van der Waals surface area contributed by atoms with Gasteiger partial charge in [-0.2, -0.15) is 13.2 Å². The summed E-state index contributed by atoms with van der Waals surface area (Å²) in [4.78, 5) is 15.1. The third kappa shape index (κ3) is 3.17. The number of aromatic nitrogens is 4. The number of fused-ring (bicyclic) bond motifs is 8. The Labute approximate surface area is 158 Å². The first-order valence-corrected chi connectivity index (χ1v) is 9.18. The number of hydrogen-bond donors (Lipinski definition) is 2. The Morgan fingerprint density at radius 1 is 0.679 bits per heavy atom. The van der Waals surface area contributed by atoms with E-state index in [1.165, 1.54) is 6.07 Å². The summed E-state index contributed by atoms with van der Waals surface area (Å²) in [6.45, 7) is 0. The average molecular weight is 382 g/mol. The van der Waals surface area contributed by atoms with Crippen molar-refractivity contribution < 1.29 is 13.2 Å². The first-order chi connectivity index (χ1) is 13.4. The fourth-order valence-corrected chi connectivity index (χ4v) is 3.83. The van der Waals surface area contributed by atoms with Crippen molar-refractivity contribution in [2.24, 2.45) is 0 Å². The van der Waals surface area contributed by atoms with Gasteiger partial charge in [-0.15, -0.1) is 0 Å². The maximum absolute atomic E-state index is 13.8. The molecular formula is C21H17F3N4. The van der Waals surface area contributed by atoms with E-state index in [0.717, 1.165) is 35.3 Å². The van der Waals surface area contributed by atoms with Gasteiger partial charge in [0.15, 0.2) is 0 Å². The monoisotopic (exact) mass is 382 g/mol. The molecule has 2 aliphatic rings. The van der Waals surface area contributed by atoms with Crippen LogP contribution in [0.4, 0.5) is 13.2 Å². The predicted molar refractivity (Wildman–Crippen MR) is 101 cm³/mol. The minimum absolute atomic E-state index is 0.0439. The van der Waals surface area contributed by atoms with Gasteiger partial charge in [-0.1, -0.05) is 0 Å². The average Bonchev–Trinajstić information content (AvgIpc) is 3.38. The lowest BCUT2D eigenvalue weighted by atomic mass is 10.1. The highest BCUT2D eigenvalue weighted by atomic mass is 19.4. The molecule has 5 heterocycles. The Hall–Kier alpha value is -3.09. The van der Waals surface area contributed by atoms with E-state index >= 15 is 0 Å². The van der Waals surface area contributed by atoms with Gasteiger partial charge in [0.25, 0.3) is 0 Å². The standard InChI is InChI=1S/C21H17F3N4/c22-21(23,24)20-18-7-5-16(27-18)10-14-3-1-12(25-14)9-13-2-4-15(26-13)11-17-6-8-19(20)28-17/h1,3,6,8-11,25,28H,2,4-5,7H2. The van der Waals surface area contributed by atoms with E-state index in [-0.39, 0.29) is 17.6 Å². The van der Waals surface area contributed by atoms with E-state index < -0.39 is 11.7 Å². The smallest absolute Gasteiger partial charge is 0.355 e. The molecular weight excluding hydrogens is 365 g/mol. The van der Waals surface area contributed by atoms with E-state index in [2.05, 4.69) is 19.9 Å². The minimum Gasteiger partial charge on any atom is -0.355 e. The zero-order chi connectivity index (χ0) is 19.3.